The second-order valence-corrected chi connectivity index (χ2v) is 4.27. The molecule has 2 aromatic rings. The number of ether oxygens (including phenoxy) is 1. The number of hydrogen-bond acceptors (Lipinski definition) is 2. The normalized spacial score (nSPS) is 12.0. The van der Waals surface area contributed by atoms with Gasteiger partial charge in [0.05, 0.1) is 7.11 Å². The molecule has 2 nitrogen and oxygen atoms in total. The third kappa shape index (κ3) is 3.22. The molecule has 1 unspecified atom stereocenters. The van der Waals surface area contributed by atoms with Crippen LogP contribution in [0.5, 0.6) is 5.75 Å². The first-order valence-corrected chi connectivity index (χ1v) is 5.95. The van der Waals surface area contributed by atoms with Crippen molar-refractivity contribution < 1.29 is 13.5 Å². The first kappa shape index (κ1) is 13.3. The van der Waals surface area contributed by atoms with Crippen LogP contribution >= 0.6 is 0 Å². The first-order chi connectivity index (χ1) is 9.10. The van der Waals surface area contributed by atoms with Gasteiger partial charge >= 0.3 is 0 Å². The lowest BCUT2D eigenvalue weighted by atomic mass is 10.1. The van der Waals surface area contributed by atoms with Crippen LogP contribution in [0.3, 0.4) is 0 Å². The van der Waals surface area contributed by atoms with Crippen LogP contribution in [0.1, 0.15) is 18.5 Å². The summed E-state index contributed by atoms with van der Waals surface area (Å²) in [6.07, 6.45) is 0. The summed E-state index contributed by atoms with van der Waals surface area (Å²) in [5.74, 6) is -0.945. The molecule has 2 rings (SSSR count). The number of methoxy groups -OCH3 is 1. The summed E-state index contributed by atoms with van der Waals surface area (Å²) < 4.78 is 31.1. The number of benzene rings is 2. The van der Waals surface area contributed by atoms with Gasteiger partial charge in [0, 0.05) is 17.8 Å². The molecule has 0 spiro atoms. The van der Waals surface area contributed by atoms with Crippen molar-refractivity contribution in [3.8, 4) is 5.75 Å². The van der Waals surface area contributed by atoms with Crippen LogP contribution in [-0.4, -0.2) is 7.11 Å². The Balaban J connectivity index is 2.15. The van der Waals surface area contributed by atoms with Crippen molar-refractivity contribution in [2.75, 3.05) is 12.4 Å². The van der Waals surface area contributed by atoms with E-state index >= 15 is 0 Å². The molecule has 0 radical (unpaired) electrons. The van der Waals surface area contributed by atoms with Gasteiger partial charge in [0.1, 0.15) is 5.75 Å². The minimum absolute atomic E-state index is 0.0417. The van der Waals surface area contributed by atoms with Crippen molar-refractivity contribution in [1.82, 2.24) is 0 Å². The largest absolute Gasteiger partial charge is 0.497 e. The number of anilines is 1. The molecule has 1 atom stereocenters. The minimum Gasteiger partial charge on any atom is -0.497 e. The Morgan fingerprint density at radius 1 is 1.05 bits per heavy atom. The number of nitrogens with one attached hydrogen (secondary N) is 1. The molecule has 100 valence electrons. The van der Waals surface area contributed by atoms with Gasteiger partial charge in [-0.3, -0.25) is 0 Å². The van der Waals surface area contributed by atoms with E-state index in [1.807, 2.05) is 31.2 Å². The molecule has 0 saturated carbocycles. The van der Waals surface area contributed by atoms with E-state index in [1.54, 1.807) is 7.11 Å². The predicted octanol–water partition coefficient (Wildman–Crippen LogP) is 4.15. The molecular formula is C15H15F2NO. The lowest BCUT2D eigenvalue weighted by molar-refractivity contribution is 0.414. The molecule has 1 N–H and O–H groups in total. The van der Waals surface area contributed by atoms with E-state index < -0.39 is 11.6 Å². The Morgan fingerprint density at radius 3 is 2.53 bits per heavy atom. The van der Waals surface area contributed by atoms with E-state index in [2.05, 4.69) is 5.32 Å². The van der Waals surface area contributed by atoms with Crippen molar-refractivity contribution in [2.45, 2.75) is 13.0 Å². The molecule has 0 bridgehead atoms. The van der Waals surface area contributed by atoms with Crippen LogP contribution in [0.15, 0.2) is 42.5 Å². The molecule has 0 saturated heterocycles. The average molecular weight is 263 g/mol. The molecule has 0 amide bonds. The molecule has 0 fully saturated rings. The Bertz CT molecular complexity index is 572. The molecule has 0 aliphatic rings. The highest BCUT2D eigenvalue weighted by molar-refractivity contribution is 5.46. The molecule has 0 aliphatic carbocycles. The maximum Gasteiger partial charge on any atom is 0.160 e. The second-order valence-electron chi connectivity index (χ2n) is 4.27. The number of hydrogen-bond donors (Lipinski definition) is 1. The average Bonchev–Trinajstić information content (AvgIpc) is 2.43. The van der Waals surface area contributed by atoms with Crippen LogP contribution in [0.4, 0.5) is 14.5 Å². The van der Waals surface area contributed by atoms with Gasteiger partial charge in [-0.2, -0.15) is 0 Å². The Labute approximate surface area is 111 Å². The van der Waals surface area contributed by atoms with E-state index in [0.29, 0.717) is 5.69 Å². The zero-order chi connectivity index (χ0) is 13.8. The van der Waals surface area contributed by atoms with Gasteiger partial charge in [-0.15, -0.1) is 0 Å². The zero-order valence-electron chi connectivity index (χ0n) is 10.8. The maximum atomic E-state index is 13.1. The lowest BCUT2D eigenvalue weighted by Crippen LogP contribution is -2.07. The molecule has 2 aromatic carbocycles. The zero-order valence-corrected chi connectivity index (χ0v) is 10.8. The van der Waals surface area contributed by atoms with Crippen molar-refractivity contribution in [1.29, 1.82) is 0 Å². The third-order valence-corrected chi connectivity index (χ3v) is 2.90. The van der Waals surface area contributed by atoms with Crippen LogP contribution in [0.2, 0.25) is 0 Å². The summed E-state index contributed by atoms with van der Waals surface area (Å²) in [5.41, 5.74) is 1.54. The van der Waals surface area contributed by atoms with E-state index in [0.717, 1.165) is 23.4 Å². The fourth-order valence-corrected chi connectivity index (χ4v) is 1.83. The Kier molecular flexibility index (Phi) is 4.00. The number of rotatable bonds is 4. The molecule has 0 aliphatic heterocycles. The van der Waals surface area contributed by atoms with E-state index in [-0.39, 0.29) is 6.04 Å². The van der Waals surface area contributed by atoms with Crippen LogP contribution < -0.4 is 10.1 Å². The fourth-order valence-electron chi connectivity index (χ4n) is 1.83. The minimum atomic E-state index is -0.858. The first-order valence-electron chi connectivity index (χ1n) is 5.95. The highest BCUT2D eigenvalue weighted by atomic mass is 19.2. The van der Waals surface area contributed by atoms with Crippen molar-refractivity contribution in [2.24, 2.45) is 0 Å². The summed E-state index contributed by atoms with van der Waals surface area (Å²) >= 11 is 0. The van der Waals surface area contributed by atoms with Gasteiger partial charge in [-0.1, -0.05) is 12.1 Å². The number of halogens is 2. The van der Waals surface area contributed by atoms with Gasteiger partial charge in [0.25, 0.3) is 0 Å². The highest BCUT2D eigenvalue weighted by Gasteiger charge is 2.08. The monoisotopic (exact) mass is 263 g/mol. The van der Waals surface area contributed by atoms with Gasteiger partial charge in [-0.05, 0) is 36.8 Å². The molecule has 0 aromatic heterocycles. The van der Waals surface area contributed by atoms with Gasteiger partial charge in [0.15, 0.2) is 11.6 Å². The van der Waals surface area contributed by atoms with Crippen molar-refractivity contribution in [3.05, 3.63) is 59.7 Å². The quantitative estimate of drug-likeness (QED) is 0.894. The summed E-state index contributed by atoms with van der Waals surface area (Å²) in [6.45, 7) is 1.94. The third-order valence-electron chi connectivity index (χ3n) is 2.90. The Morgan fingerprint density at radius 2 is 1.84 bits per heavy atom. The van der Waals surface area contributed by atoms with Gasteiger partial charge in [-0.25, -0.2) is 8.78 Å². The topological polar surface area (TPSA) is 21.3 Å². The smallest absolute Gasteiger partial charge is 0.160 e. The van der Waals surface area contributed by atoms with Crippen LogP contribution in [0, 0.1) is 11.6 Å². The lowest BCUT2D eigenvalue weighted by Gasteiger charge is -2.16. The van der Waals surface area contributed by atoms with Crippen LogP contribution in [-0.2, 0) is 0 Å². The van der Waals surface area contributed by atoms with Crippen LogP contribution in [0.25, 0.3) is 0 Å². The predicted molar refractivity (Wildman–Crippen MR) is 71.4 cm³/mol. The highest BCUT2D eigenvalue weighted by Crippen LogP contribution is 2.23. The van der Waals surface area contributed by atoms with E-state index in [1.165, 1.54) is 6.07 Å². The summed E-state index contributed by atoms with van der Waals surface area (Å²) in [7, 11) is 1.60. The van der Waals surface area contributed by atoms with Crippen molar-refractivity contribution >= 4 is 5.69 Å². The van der Waals surface area contributed by atoms with Gasteiger partial charge < -0.3 is 10.1 Å². The SMILES string of the molecule is COc1cccc(C(C)Nc2ccc(F)c(F)c2)c1. The van der Waals surface area contributed by atoms with E-state index in [4.69, 9.17) is 4.74 Å². The Hall–Kier alpha value is -2.10. The standard InChI is InChI=1S/C15H15F2NO/c1-10(11-4-3-5-13(8-11)19-2)18-12-6-7-14(16)15(17)9-12/h3-10,18H,1-2H3. The van der Waals surface area contributed by atoms with Crippen molar-refractivity contribution in [3.63, 3.8) is 0 Å². The molecule has 0 heterocycles. The summed E-state index contributed by atoms with van der Waals surface area (Å²) in [5, 5.41) is 3.12. The summed E-state index contributed by atoms with van der Waals surface area (Å²) in [4.78, 5) is 0. The molecule has 4 heteroatoms. The summed E-state index contributed by atoms with van der Waals surface area (Å²) in [6, 6.07) is 11.3. The van der Waals surface area contributed by atoms with Gasteiger partial charge in [0.2, 0.25) is 0 Å². The molecule has 19 heavy (non-hydrogen) atoms. The molecular weight excluding hydrogens is 248 g/mol. The maximum absolute atomic E-state index is 13.1. The van der Waals surface area contributed by atoms with E-state index in [9.17, 15) is 8.78 Å². The second kappa shape index (κ2) is 5.69. The fraction of sp³-hybridized carbons (Fsp3) is 0.200.